The zero-order chi connectivity index (χ0) is 14.5. The van der Waals surface area contributed by atoms with E-state index in [-0.39, 0.29) is 0 Å². The summed E-state index contributed by atoms with van der Waals surface area (Å²) in [5.74, 6) is -0.941. The smallest absolute Gasteiger partial charge is 0.320 e. The molecule has 3 nitrogen and oxygen atoms in total. The van der Waals surface area contributed by atoms with Gasteiger partial charge in [0.15, 0.2) is 0 Å². The number of hydrogen-bond donors (Lipinski definition) is 2. The average Bonchev–Trinajstić information content (AvgIpc) is 2.43. The number of aliphatic carboxylic acids is 1. The van der Waals surface area contributed by atoms with Crippen LogP contribution in [0.15, 0.2) is 24.3 Å². The number of rotatable bonds is 7. The fourth-order valence-corrected chi connectivity index (χ4v) is 6.30. The Labute approximate surface area is 116 Å². The molecule has 3 N–H and O–H groups in total. The standard InChI is InChI=1S/C15H25NO2Si/c1-4-19(5-2,6-3)13-9-7-12(8-10-13)11-14(16)15(17)18/h7-10,14H,4-6,11,16H2,1-3H3,(H,17,18)/t14-/m1/s1. The molecule has 0 unspecified atom stereocenters. The lowest BCUT2D eigenvalue weighted by Gasteiger charge is -2.28. The van der Waals surface area contributed by atoms with E-state index in [2.05, 4.69) is 32.9 Å². The van der Waals surface area contributed by atoms with Crippen molar-refractivity contribution in [3.63, 3.8) is 0 Å². The molecule has 0 aliphatic carbocycles. The summed E-state index contributed by atoms with van der Waals surface area (Å²) in [4.78, 5) is 10.8. The number of carbonyl (C=O) groups is 1. The molecule has 106 valence electrons. The highest BCUT2D eigenvalue weighted by Gasteiger charge is 2.28. The van der Waals surface area contributed by atoms with Crippen LogP contribution >= 0.6 is 0 Å². The van der Waals surface area contributed by atoms with Crippen molar-refractivity contribution >= 4 is 19.2 Å². The van der Waals surface area contributed by atoms with Gasteiger partial charge in [-0.25, -0.2) is 0 Å². The van der Waals surface area contributed by atoms with Crippen molar-refractivity contribution in [2.24, 2.45) is 5.73 Å². The second-order valence-corrected chi connectivity index (χ2v) is 10.4. The van der Waals surface area contributed by atoms with Crippen LogP contribution in [0.5, 0.6) is 0 Å². The molecule has 0 radical (unpaired) electrons. The number of hydrogen-bond acceptors (Lipinski definition) is 2. The first kappa shape index (κ1) is 15.9. The summed E-state index contributed by atoms with van der Waals surface area (Å²) in [6.45, 7) is 6.86. The molecule has 0 aromatic heterocycles. The van der Waals surface area contributed by atoms with E-state index in [1.54, 1.807) is 0 Å². The summed E-state index contributed by atoms with van der Waals surface area (Å²) in [5.41, 5.74) is 6.56. The Morgan fingerprint density at radius 3 is 2.00 bits per heavy atom. The number of carboxylic acid groups (broad SMARTS) is 1. The van der Waals surface area contributed by atoms with Crippen LogP contribution < -0.4 is 10.9 Å². The van der Waals surface area contributed by atoms with Gasteiger partial charge in [-0.15, -0.1) is 0 Å². The molecule has 1 aromatic rings. The Morgan fingerprint density at radius 2 is 1.63 bits per heavy atom. The SMILES string of the molecule is CC[Si](CC)(CC)c1ccc(C[C@@H](N)C(=O)O)cc1. The molecule has 1 atom stereocenters. The van der Waals surface area contributed by atoms with Crippen molar-refractivity contribution in [2.45, 2.75) is 51.4 Å². The molecule has 19 heavy (non-hydrogen) atoms. The maximum Gasteiger partial charge on any atom is 0.320 e. The van der Waals surface area contributed by atoms with Gasteiger partial charge in [-0.1, -0.05) is 68.4 Å². The lowest BCUT2D eigenvalue weighted by molar-refractivity contribution is -0.138. The highest BCUT2D eigenvalue weighted by Crippen LogP contribution is 2.20. The predicted molar refractivity (Wildman–Crippen MR) is 82.6 cm³/mol. The van der Waals surface area contributed by atoms with Gasteiger partial charge in [0.25, 0.3) is 0 Å². The predicted octanol–water partition coefficient (Wildman–Crippen LogP) is 2.36. The quantitative estimate of drug-likeness (QED) is 0.753. The minimum atomic E-state index is -1.33. The third kappa shape index (κ3) is 3.67. The van der Waals surface area contributed by atoms with Crippen LogP contribution in [0.25, 0.3) is 0 Å². The van der Waals surface area contributed by atoms with Gasteiger partial charge >= 0.3 is 5.97 Å². The maximum atomic E-state index is 10.8. The Bertz CT molecular complexity index is 404. The zero-order valence-corrected chi connectivity index (χ0v) is 13.1. The first-order chi connectivity index (χ1) is 8.99. The molecule has 0 amide bonds. The molecule has 0 bridgehead atoms. The molecular formula is C15H25NO2Si. The summed E-state index contributed by atoms with van der Waals surface area (Å²) in [6, 6.07) is 11.4. The van der Waals surface area contributed by atoms with E-state index < -0.39 is 20.1 Å². The van der Waals surface area contributed by atoms with Crippen LogP contribution in [0.4, 0.5) is 0 Å². The maximum absolute atomic E-state index is 10.8. The Balaban J connectivity index is 2.89. The van der Waals surface area contributed by atoms with Crippen LogP contribution in [-0.2, 0) is 11.2 Å². The molecule has 0 spiro atoms. The highest BCUT2D eigenvalue weighted by molar-refractivity contribution is 6.91. The third-order valence-electron chi connectivity index (χ3n) is 4.37. The Morgan fingerprint density at radius 1 is 1.16 bits per heavy atom. The molecule has 0 aliphatic rings. The number of benzene rings is 1. The summed E-state index contributed by atoms with van der Waals surface area (Å²) in [6.07, 6.45) is 0.397. The van der Waals surface area contributed by atoms with Crippen LogP contribution in [-0.4, -0.2) is 25.2 Å². The number of nitrogens with two attached hydrogens (primary N) is 1. The summed E-state index contributed by atoms with van der Waals surface area (Å²) in [7, 11) is -1.33. The molecule has 0 fully saturated rings. The zero-order valence-electron chi connectivity index (χ0n) is 12.1. The van der Waals surface area contributed by atoms with Crippen molar-refractivity contribution in [1.82, 2.24) is 0 Å². The van der Waals surface area contributed by atoms with Gasteiger partial charge in [0.2, 0.25) is 0 Å². The first-order valence-corrected chi connectivity index (χ1v) is 9.69. The van der Waals surface area contributed by atoms with E-state index in [4.69, 9.17) is 10.8 Å². The van der Waals surface area contributed by atoms with Crippen molar-refractivity contribution in [3.8, 4) is 0 Å². The van der Waals surface area contributed by atoms with Crippen molar-refractivity contribution in [3.05, 3.63) is 29.8 Å². The van der Waals surface area contributed by atoms with Gasteiger partial charge in [0.1, 0.15) is 6.04 Å². The van der Waals surface area contributed by atoms with E-state index in [1.165, 1.54) is 23.3 Å². The van der Waals surface area contributed by atoms with Crippen LogP contribution in [0.3, 0.4) is 0 Å². The minimum Gasteiger partial charge on any atom is -0.480 e. The molecule has 0 saturated heterocycles. The molecule has 0 saturated carbocycles. The van der Waals surface area contributed by atoms with Gasteiger partial charge in [0.05, 0.1) is 8.07 Å². The normalized spacial score (nSPS) is 13.3. The van der Waals surface area contributed by atoms with E-state index in [1.807, 2.05) is 12.1 Å². The van der Waals surface area contributed by atoms with Crippen molar-refractivity contribution in [2.75, 3.05) is 0 Å². The molecular weight excluding hydrogens is 254 g/mol. The van der Waals surface area contributed by atoms with Gasteiger partial charge in [-0.3, -0.25) is 4.79 Å². The lowest BCUT2D eigenvalue weighted by Crippen LogP contribution is -2.45. The lowest BCUT2D eigenvalue weighted by atomic mass is 10.1. The Hall–Kier alpha value is -1.13. The second kappa shape index (κ2) is 6.87. The molecule has 0 aliphatic heterocycles. The third-order valence-corrected chi connectivity index (χ3v) is 9.99. The molecule has 4 heteroatoms. The minimum absolute atomic E-state index is 0.397. The fourth-order valence-electron chi connectivity index (χ4n) is 2.70. The van der Waals surface area contributed by atoms with Crippen LogP contribution in [0.1, 0.15) is 26.3 Å². The highest BCUT2D eigenvalue weighted by atomic mass is 28.3. The van der Waals surface area contributed by atoms with E-state index in [9.17, 15) is 4.79 Å². The van der Waals surface area contributed by atoms with Gasteiger partial charge in [-0.05, 0) is 12.0 Å². The summed E-state index contributed by atoms with van der Waals surface area (Å²) < 4.78 is 0. The van der Waals surface area contributed by atoms with E-state index >= 15 is 0 Å². The second-order valence-electron chi connectivity index (χ2n) is 5.19. The van der Waals surface area contributed by atoms with Crippen molar-refractivity contribution in [1.29, 1.82) is 0 Å². The number of carboxylic acids is 1. The van der Waals surface area contributed by atoms with E-state index in [0.717, 1.165) is 5.56 Å². The average molecular weight is 279 g/mol. The topological polar surface area (TPSA) is 63.3 Å². The molecule has 1 aromatic carbocycles. The van der Waals surface area contributed by atoms with Gasteiger partial charge < -0.3 is 10.8 Å². The summed E-state index contributed by atoms with van der Waals surface area (Å²) >= 11 is 0. The van der Waals surface area contributed by atoms with Crippen LogP contribution in [0, 0.1) is 0 Å². The van der Waals surface area contributed by atoms with E-state index in [0.29, 0.717) is 6.42 Å². The van der Waals surface area contributed by atoms with Gasteiger partial charge in [-0.2, -0.15) is 0 Å². The van der Waals surface area contributed by atoms with Crippen LogP contribution in [0.2, 0.25) is 18.1 Å². The molecule has 1 rings (SSSR count). The van der Waals surface area contributed by atoms with Gasteiger partial charge in [0, 0.05) is 0 Å². The van der Waals surface area contributed by atoms with Crippen molar-refractivity contribution < 1.29 is 9.90 Å². The fraction of sp³-hybridized carbons (Fsp3) is 0.533. The first-order valence-electron chi connectivity index (χ1n) is 7.06. The molecule has 0 heterocycles. The Kier molecular flexibility index (Phi) is 5.75. The summed E-state index contributed by atoms with van der Waals surface area (Å²) in [5, 5.41) is 10.3. The monoisotopic (exact) mass is 279 g/mol. The largest absolute Gasteiger partial charge is 0.480 e.